The van der Waals surface area contributed by atoms with Gasteiger partial charge in [-0.25, -0.2) is 4.79 Å². The van der Waals surface area contributed by atoms with Crippen LogP contribution in [0.4, 0.5) is 0 Å². The number of aliphatic carboxylic acids is 3. The van der Waals surface area contributed by atoms with Gasteiger partial charge >= 0.3 is 17.9 Å². The van der Waals surface area contributed by atoms with Crippen molar-refractivity contribution in [2.75, 3.05) is 18.1 Å². The first kappa shape index (κ1) is 29.7. The van der Waals surface area contributed by atoms with Crippen molar-refractivity contribution in [1.82, 2.24) is 16.0 Å². The van der Waals surface area contributed by atoms with Crippen molar-refractivity contribution < 1.29 is 44.1 Å². The lowest BCUT2D eigenvalue weighted by atomic mass is 10.1. The van der Waals surface area contributed by atoms with Gasteiger partial charge in [-0.1, -0.05) is 0 Å². The molecule has 172 valence electrons. The molecule has 2 unspecified atom stereocenters. The lowest BCUT2D eigenvalue weighted by Gasteiger charge is -2.16. The summed E-state index contributed by atoms with van der Waals surface area (Å²) < 4.78 is 0. The van der Waals surface area contributed by atoms with E-state index in [1.54, 1.807) is 0 Å². The van der Waals surface area contributed by atoms with Gasteiger partial charge in [0.05, 0.1) is 0 Å². The van der Waals surface area contributed by atoms with E-state index >= 15 is 0 Å². The van der Waals surface area contributed by atoms with Crippen molar-refractivity contribution in [3.63, 3.8) is 0 Å². The summed E-state index contributed by atoms with van der Waals surface area (Å²) in [6.45, 7) is 0.697. The summed E-state index contributed by atoms with van der Waals surface area (Å²) in [6, 6.07) is -3.02. The highest BCUT2D eigenvalue weighted by Crippen LogP contribution is 1.97. The molecule has 0 spiro atoms. The van der Waals surface area contributed by atoms with Crippen molar-refractivity contribution in [1.29, 1.82) is 0 Å². The fourth-order valence-corrected chi connectivity index (χ4v) is 2.09. The highest BCUT2D eigenvalue weighted by atomic mass is 32.1. The van der Waals surface area contributed by atoms with Gasteiger partial charge in [0, 0.05) is 24.9 Å². The first-order valence-electron chi connectivity index (χ1n) is 8.34. The number of carbonyl (C=O) groups excluding carboxylic acids is 3. The summed E-state index contributed by atoms with van der Waals surface area (Å²) in [6.07, 6.45) is -0.235. The number of carboxylic acid groups (broad SMARTS) is 3. The van der Waals surface area contributed by atoms with E-state index in [0.29, 0.717) is 0 Å². The van der Waals surface area contributed by atoms with Crippen LogP contribution >= 0.6 is 25.3 Å². The molecule has 0 aromatic heterocycles. The third-order valence-corrected chi connectivity index (χ3v) is 3.84. The van der Waals surface area contributed by atoms with Crippen LogP contribution in [0.25, 0.3) is 0 Å². The zero-order chi connectivity index (χ0) is 23.9. The van der Waals surface area contributed by atoms with E-state index in [1.807, 2.05) is 0 Å². The lowest BCUT2D eigenvalue weighted by molar-refractivity contribution is -0.141. The molecule has 0 heterocycles. The average molecular weight is 471 g/mol. The summed E-state index contributed by atoms with van der Waals surface area (Å²) in [5, 5.41) is 31.9. The molecule has 3 atom stereocenters. The molecular formula is C15H26N4O9S2. The number of rotatable bonds is 12. The fraction of sp³-hybridized carbons (Fsp3) is 0.600. The molecule has 30 heavy (non-hydrogen) atoms. The minimum atomic E-state index is -1.22. The molecule has 0 aromatic rings. The average Bonchev–Trinajstić information content (AvgIpc) is 2.66. The Balaban J connectivity index is 0. The van der Waals surface area contributed by atoms with Crippen molar-refractivity contribution >= 4 is 60.9 Å². The van der Waals surface area contributed by atoms with Crippen LogP contribution in [0.3, 0.4) is 0 Å². The van der Waals surface area contributed by atoms with Gasteiger partial charge < -0.3 is 37.0 Å². The molecule has 13 nitrogen and oxygen atoms in total. The van der Waals surface area contributed by atoms with Crippen LogP contribution in [0.2, 0.25) is 0 Å². The fourth-order valence-electron chi connectivity index (χ4n) is 1.59. The summed E-state index contributed by atoms with van der Waals surface area (Å²) in [4.78, 5) is 64.3. The Kier molecular flexibility index (Phi) is 16.1. The molecule has 3 amide bonds. The van der Waals surface area contributed by atoms with Crippen molar-refractivity contribution in [3.8, 4) is 0 Å². The van der Waals surface area contributed by atoms with Gasteiger partial charge in [0.2, 0.25) is 17.7 Å². The van der Waals surface area contributed by atoms with E-state index < -0.39 is 54.4 Å². The Morgan fingerprint density at radius 1 is 0.900 bits per heavy atom. The molecule has 0 saturated heterocycles. The van der Waals surface area contributed by atoms with Gasteiger partial charge in [0.1, 0.15) is 24.7 Å². The predicted octanol–water partition coefficient (Wildman–Crippen LogP) is -2.70. The molecule has 0 aliphatic heterocycles. The Bertz CT molecular complexity index is 633. The van der Waals surface area contributed by atoms with Crippen molar-refractivity contribution in [2.45, 2.75) is 37.9 Å². The van der Waals surface area contributed by atoms with Gasteiger partial charge in [0.15, 0.2) is 0 Å². The number of carboxylic acids is 3. The van der Waals surface area contributed by atoms with Crippen LogP contribution in [0.15, 0.2) is 0 Å². The van der Waals surface area contributed by atoms with E-state index in [2.05, 4.69) is 41.2 Å². The smallest absolute Gasteiger partial charge is 0.327 e. The number of hydrogen-bond acceptors (Lipinski definition) is 9. The van der Waals surface area contributed by atoms with Crippen molar-refractivity contribution in [3.05, 3.63) is 0 Å². The normalized spacial score (nSPS) is 12.8. The second-order valence-electron chi connectivity index (χ2n) is 5.67. The van der Waals surface area contributed by atoms with Crippen LogP contribution in [0, 0.1) is 0 Å². The van der Waals surface area contributed by atoms with E-state index in [-0.39, 0.29) is 30.3 Å². The second kappa shape index (κ2) is 16.3. The van der Waals surface area contributed by atoms with Gasteiger partial charge in [-0.2, -0.15) is 25.3 Å². The van der Waals surface area contributed by atoms with Crippen LogP contribution in [0.1, 0.15) is 19.8 Å². The van der Waals surface area contributed by atoms with Gasteiger partial charge in [-0.3, -0.25) is 24.0 Å². The molecule has 0 aromatic carbocycles. The summed E-state index contributed by atoms with van der Waals surface area (Å²) in [5.74, 6) is -5.02. The third-order valence-electron chi connectivity index (χ3n) is 3.11. The zero-order valence-corrected chi connectivity index (χ0v) is 17.8. The maximum atomic E-state index is 11.5. The minimum absolute atomic E-state index is 0.0256. The van der Waals surface area contributed by atoms with E-state index in [1.165, 1.54) is 6.92 Å². The molecule has 0 fully saturated rings. The quantitative estimate of drug-likeness (QED) is 0.134. The van der Waals surface area contributed by atoms with E-state index in [4.69, 9.17) is 21.1 Å². The Morgan fingerprint density at radius 2 is 1.43 bits per heavy atom. The van der Waals surface area contributed by atoms with Gasteiger partial charge in [-0.15, -0.1) is 0 Å². The summed E-state index contributed by atoms with van der Waals surface area (Å²) in [5.41, 5.74) is 5.23. The Labute approximate surface area is 183 Å². The maximum Gasteiger partial charge on any atom is 0.327 e. The number of thiol groups is 2. The highest BCUT2D eigenvalue weighted by Gasteiger charge is 2.21. The number of amides is 3. The first-order valence-corrected chi connectivity index (χ1v) is 9.61. The Hall–Kier alpha value is -2.52. The molecule has 0 rings (SSSR count). The lowest BCUT2D eigenvalue weighted by Crippen LogP contribution is -2.49. The van der Waals surface area contributed by atoms with E-state index in [9.17, 15) is 28.8 Å². The molecule has 0 bridgehead atoms. The number of nitrogens with one attached hydrogen (secondary N) is 3. The molecule has 0 saturated carbocycles. The van der Waals surface area contributed by atoms with Crippen molar-refractivity contribution in [2.24, 2.45) is 5.73 Å². The van der Waals surface area contributed by atoms with Crippen LogP contribution in [-0.4, -0.2) is 87.1 Å². The molecule has 0 aliphatic carbocycles. The van der Waals surface area contributed by atoms with E-state index in [0.717, 1.165) is 0 Å². The first-order chi connectivity index (χ1) is 13.8. The molecule has 8 N–H and O–H groups in total. The second-order valence-corrected chi connectivity index (χ2v) is 6.40. The zero-order valence-electron chi connectivity index (χ0n) is 16.0. The minimum Gasteiger partial charge on any atom is -0.480 e. The maximum absolute atomic E-state index is 11.5. The molecule has 15 heteroatoms. The standard InChI is InChI=1S/C10H17N3O6S.C5H9NO3S/c11-5(10(18)19)1-2-7(14)13-6(4-20)9(17)12-3-8(15)16;1-3(7)6-4(2-10)5(8)9/h5-6,20H,1-4,11H2,(H,12,17)(H,13,14)(H,15,16)(H,18,19);4,10H,2H2,1H3,(H,6,7)(H,8,9)/t;4-/m.0/s1. The third kappa shape index (κ3) is 15.4. The number of hydrogen-bond donors (Lipinski definition) is 9. The Morgan fingerprint density at radius 3 is 1.77 bits per heavy atom. The molecule has 0 aliphatic rings. The summed E-state index contributed by atoms with van der Waals surface area (Å²) >= 11 is 7.61. The van der Waals surface area contributed by atoms with Gasteiger partial charge in [-0.05, 0) is 6.42 Å². The largest absolute Gasteiger partial charge is 0.480 e. The van der Waals surface area contributed by atoms with Crippen LogP contribution in [0.5, 0.6) is 0 Å². The highest BCUT2D eigenvalue weighted by molar-refractivity contribution is 7.80. The molecular weight excluding hydrogens is 444 g/mol. The summed E-state index contributed by atoms with van der Waals surface area (Å²) in [7, 11) is 0. The van der Waals surface area contributed by atoms with Crippen LogP contribution < -0.4 is 21.7 Å². The number of carbonyl (C=O) groups is 6. The van der Waals surface area contributed by atoms with Crippen LogP contribution in [-0.2, 0) is 28.8 Å². The molecule has 0 radical (unpaired) electrons. The van der Waals surface area contributed by atoms with Gasteiger partial charge in [0.25, 0.3) is 0 Å². The monoisotopic (exact) mass is 470 g/mol. The predicted molar refractivity (Wildman–Crippen MR) is 110 cm³/mol. The topological polar surface area (TPSA) is 225 Å². The SMILES string of the molecule is CC(=O)N[C@@H](CS)C(=O)O.NC(CCC(=O)NC(CS)C(=O)NCC(=O)O)C(=O)O. The number of nitrogens with two attached hydrogens (primary N) is 1.